The molecular weight excluding hydrogens is 270 g/mol. The van der Waals surface area contributed by atoms with Crippen LogP contribution in [-0.2, 0) is 13.0 Å². The van der Waals surface area contributed by atoms with Gasteiger partial charge in [0, 0.05) is 31.9 Å². The molecule has 1 aliphatic rings. The molecule has 0 radical (unpaired) electrons. The summed E-state index contributed by atoms with van der Waals surface area (Å²) in [6.45, 7) is 5.24. The molecule has 7 nitrogen and oxygen atoms in total. The minimum Gasteiger partial charge on any atom is -0.428 e. The van der Waals surface area contributed by atoms with Gasteiger partial charge in [-0.3, -0.25) is 5.32 Å². The molecule has 3 heterocycles. The molecular formula is C14H19N5O2. The zero-order valence-corrected chi connectivity index (χ0v) is 12.2. The van der Waals surface area contributed by atoms with Crippen LogP contribution >= 0.6 is 0 Å². The molecule has 21 heavy (non-hydrogen) atoms. The van der Waals surface area contributed by atoms with Crippen LogP contribution < -0.4 is 10.6 Å². The van der Waals surface area contributed by atoms with E-state index in [1.54, 1.807) is 0 Å². The van der Waals surface area contributed by atoms with Gasteiger partial charge in [0.25, 0.3) is 0 Å². The fraction of sp³-hybridized carbons (Fsp3) is 0.500. The van der Waals surface area contributed by atoms with Gasteiger partial charge in [-0.15, -0.1) is 0 Å². The number of aromatic nitrogens is 3. The van der Waals surface area contributed by atoms with Gasteiger partial charge in [0.1, 0.15) is 11.6 Å². The molecule has 3 rings (SSSR count). The van der Waals surface area contributed by atoms with Gasteiger partial charge in [-0.2, -0.15) is 4.98 Å². The van der Waals surface area contributed by atoms with Crippen LogP contribution in [0.1, 0.15) is 23.7 Å². The molecule has 0 unspecified atom stereocenters. The number of amides is 2. The van der Waals surface area contributed by atoms with Crippen molar-refractivity contribution in [3.05, 3.63) is 29.7 Å². The van der Waals surface area contributed by atoms with Crippen molar-refractivity contribution < 1.29 is 9.21 Å². The highest BCUT2D eigenvalue weighted by Gasteiger charge is 2.20. The maximum Gasteiger partial charge on any atom is 0.322 e. The first kappa shape index (κ1) is 13.7. The molecule has 112 valence electrons. The summed E-state index contributed by atoms with van der Waals surface area (Å²) in [6.07, 6.45) is 5.76. The van der Waals surface area contributed by atoms with Crippen molar-refractivity contribution in [1.82, 2.24) is 19.9 Å². The Hall–Kier alpha value is -2.31. The van der Waals surface area contributed by atoms with E-state index in [4.69, 9.17) is 4.42 Å². The maximum absolute atomic E-state index is 11.8. The largest absolute Gasteiger partial charge is 0.428 e. The fourth-order valence-electron chi connectivity index (χ4n) is 2.49. The third-order valence-corrected chi connectivity index (χ3v) is 3.85. The number of nitrogens with one attached hydrogen (secondary N) is 2. The summed E-state index contributed by atoms with van der Waals surface area (Å²) in [5.74, 6) is 2.22. The van der Waals surface area contributed by atoms with Crippen molar-refractivity contribution in [3.8, 4) is 0 Å². The monoisotopic (exact) mass is 289 g/mol. The number of nitrogens with zero attached hydrogens (tertiary/aromatic N) is 3. The van der Waals surface area contributed by atoms with Gasteiger partial charge < -0.3 is 14.3 Å². The predicted octanol–water partition coefficient (Wildman–Crippen LogP) is 1.87. The molecule has 2 aromatic rings. The molecule has 2 amide bonds. The molecule has 0 saturated carbocycles. The maximum atomic E-state index is 11.8. The van der Waals surface area contributed by atoms with E-state index in [1.165, 1.54) is 0 Å². The van der Waals surface area contributed by atoms with Crippen LogP contribution in [0.4, 0.5) is 10.8 Å². The summed E-state index contributed by atoms with van der Waals surface area (Å²) in [7, 11) is 0. The Morgan fingerprint density at radius 2 is 2.38 bits per heavy atom. The van der Waals surface area contributed by atoms with Crippen LogP contribution in [0.2, 0.25) is 0 Å². The van der Waals surface area contributed by atoms with Crippen LogP contribution in [0.15, 0.2) is 16.8 Å². The first-order valence-electron chi connectivity index (χ1n) is 7.10. The van der Waals surface area contributed by atoms with E-state index in [2.05, 4.69) is 25.2 Å². The minimum atomic E-state index is -0.287. The van der Waals surface area contributed by atoms with E-state index in [-0.39, 0.29) is 12.0 Å². The Balaban J connectivity index is 1.48. The molecule has 0 fully saturated rings. The number of fused-ring (bicyclic) bond motifs is 1. The number of urea groups is 1. The molecule has 2 aromatic heterocycles. The number of rotatable bonds is 3. The van der Waals surface area contributed by atoms with Crippen LogP contribution in [-0.4, -0.2) is 27.1 Å². The number of anilines is 1. The zero-order valence-electron chi connectivity index (χ0n) is 12.2. The Labute approximate surface area is 122 Å². The van der Waals surface area contributed by atoms with Crippen LogP contribution in [0.5, 0.6) is 0 Å². The number of hydrogen-bond acceptors (Lipinski definition) is 4. The molecule has 7 heteroatoms. The van der Waals surface area contributed by atoms with E-state index < -0.39 is 0 Å². The van der Waals surface area contributed by atoms with Gasteiger partial charge in [-0.1, -0.05) is 0 Å². The van der Waals surface area contributed by atoms with E-state index >= 15 is 0 Å². The van der Waals surface area contributed by atoms with E-state index in [9.17, 15) is 4.79 Å². The van der Waals surface area contributed by atoms with Crippen LogP contribution in [0.3, 0.4) is 0 Å². The molecule has 1 aliphatic heterocycles. The van der Waals surface area contributed by atoms with Crippen LogP contribution in [0, 0.1) is 19.8 Å². The van der Waals surface area contributed by atoms with E-state index in [0.29, 0.717) is 18.2 Å². The van der Waals surface area contributed by atoms with Gasteiger partial charge in [-0.25, -0.2) is 9.78 Å². The van der Waals surface area contributed by atoms with Crippen molar-refractivity contribution in [2.45, 2.75) is 33.2 Å². The lowest BCUT2D eigenvalue weighted by molar-refractivity contribution is 0.247. The molecule has 0 aliphatic carbocycles. The summed E-state index contributed by atoms with van der Waals surface area (Å²) in [5.41, 5.74) is 0.782. The van der Waals surface area contributed by atoms with Gasteiger partial charge >= 0.3 is 12.0 Å². The summed E-state index contributed by atoms with van der Waals surface area (Å²) >= 11 is 0. The Morgan fingerprint density at radius 3 is 3.14 bits per heavy atom. The second-order valence-corrected chi connectivity index (χ2v) is 5.39. The second kappa shape index (κ2) is 5.59. The first-order valence-corrected chi connectivity index (χ1v) is 7.10. The molecule has 0 spiro atoms. The predicted molar refractivity (Wildman–Crippen MR) is 77.0 cm³/mol. The Kier molecular flexibility index (Phi) is 3.64. The smallest absolute Gasteiger partial charge is 0.322 e. The topological polar surface area (TPSA) is 85.0 Å². The number of imidazole rings is 1. The van der Waals surface area contributed by atoms with Crippen LogP contribution in [0.25, 0.3) is 0 Å². The average molecular weight is 289 g/mol. The summed E-state index contributed by atoms with van der Waals surface area (Å²) < 4.78 is 7.48. The number of aryl methyl sites for hydroxylation is 3. The SMILES string of the molecule is Cc1nc(NC(=O)NC[C@@H]2CCn3ccnc3C2)oc1C. The lowest BCUT2D eigenvalue weighted by atomic mass is 9.98. The van der Waals surface area contributed by atoms with Crippen molar-refractivity contribution in [1.29, 1.82) is 0 Å². The summed E-state index contributed by atoms with van der Waals surface area (Å²) in [5, 5.41) is 5.47. The number of carbonyl (C=O) groups excluding carboxylic acids is 1. The van der Waals surface area contributed by atoms with Gasteiger partial charge in [-0.05, 0) is 26.2 Å². The minimum absolute atomic E-state index is 0.238. The number of hydrogen-bond donors (Lipinski definition) is 2. The first-order chi connectivity index (χ1) is 10.1. The highest BCUT2D eigenvalue weighted by Crippen LogP contribution is 2.18. The molecule has 0 saturated heterocycles. The van der Waals surface area contributed by atoms with Gasteiger partial charge in [0.05, 0.1) is 5.69 Å². The Bertz CT molecular complexity index is 626. The van der Waals surface area contributed by atoms with Gasteiger partial charge in [0.2, 0.25) is 0 Å². The third kappa shape index (κ3) is 3.07. The fourth-order valence-corrected chi connectivity index (χ4v) is 2.49. The zero-order chi connectivity index (χ0) is 14.8. The summed E-state index contributed by atoms with van der Waals surface area (Å²) in [4.78, 5) is 20.3. The van der Waals surface area contributed by atoms with Crippen molar-refractivity contribution >= 4 is 12.0 Å². The van der Waals surface area contributed by atoms with Crippen molar-refractivity contribution in [3.63, 3.8) is 0 Å². The molecule has 0 aromatic carbocycles. The molecule has 2 N–H and O–H groups in total. The standard InChI is InChI=1S/C14H19N5O2/c1-9-10(2)21-14(17-9)18-13(20)16-8-11-3-5-19-6-4-15-12(19)7-11/h4,6,11H,3,5,7-8H2,1-2H3,(H2,16,17,18,20)/t11-/m1/s1. The third-order valence-electron chi connectivity index (χ3n) is 3.85. The van der Waals surface area contributed by atoms with Crippen molar-refractivity contribution in [2.75, 3.05) is 11.9 Å². The lowest BCUT2D eigenvalue weighted by Gasteiger charge is -2.23. The van der Waals surface area contributed by atoms with Gasteiger partial charge in [0.15, 0.2) is 0 Å². The van der Waals surface area contributed by atoms with E-state index in [1.807, 2.05) is 26.2 Å². The van der Waals surface area contributed by atoms with E-state index in [0.717, 1.165) is 30.9 Å². The lowest BCUT2D eigenvalue weighted by Crippen LogP contribution is -2.35. The normalized spacial score (nSPS) is 17.3. The van der Waals surface area contributed by atoms with Crippen molar-refractivity contribution in [2.24, 2.45) is 5.92 Å². The average Bonchev–Trinajstić information content (AvgIpc) is 3.03. The quantitative estimate of drug-likeness (QED) is 0.903. The Morgan fingerprint density at radius 1 is 1.52 bits per heavy atom. The number of carbonyl (C=O) groups is 1. The highest BCUT2D eigenvalue weighted by molar-refractivity contribution is 5.86. The second-order valence-electron chi connectivity index (χ2n) is 5.39. The highest BCUT2D eigenvalue weighted by atomic mass is 16.4. The molecule has 1 atom stereocenters. The summed E-state index contributed by atoms with van der Waals surface area (Å²) in [6, 6.07) is -0.0492. The number of oxazole rings is 1. The molecule has 0 bridgehead atoms.